The Labute approximate surface area is 116 Å². The molecule has 20 heavy (non-hydrogen) atoms. The third-order valence-electron chi connectivity index (χ3n) is 3.07. The Morgan fingerprint density at radius 3 is 2.80 bits per heavy atom. The van der Waals surface area contributed by atoms with Crippen molar-refractivity contribution in [1.82, 2.24) is 4.90 Å². The highest BCUT2D eigenvalue weighted by Crippen LogP contribution is 2.13. The summed E-state index contributed by atoms with van der Waals surface area (Å²) >= 11 is 0. The molecule has 1 unspecified atom stereocenters. The molecule has 0 saturated heterocycles. The fraction of sp³-hybridized carbons (Fsp3) is 0.333. The minimum atomic E-state index is -0.478. The number of benzene rings is 1. The van der Waals surface area contributed by atoms with E-state index in [4.69, 9.17) is 4.42 Å². The van der Waals surface area contributed by atoms with Crippen molar-refractivity contribution < 1.29 is 14.3 Å². The smallest absolute Gasteiger partial charge is 0.289 e. The van der Waals surface area contributed by atoms with Gasteiger partial charge in [-0.15, -0.1) is 0 Å². The number of hydrogen-bond donors (Lipinski definition) is 1. The van der Waals surface area contributed by atoms with E-state index in [-0.39, 0.29) is 17.1 Å². The number of amides is 1. The number of nitrogens with zero attached hydrogens (tertiary/aromatic N) is 1. The van der Waals surface area contributed by atoms with Gasteiger partial charge < -0.3 is 14.4 Å². The van der Waals surface area contributed by atoms with Crippen molar-refractivity contribution in [3.05, 3.63) is 46.3 Å². The van der Waals surface area contributed by atoms with Crippen LogP contribution in [0.15, 0.2) is 39.5 Å². The van der Waals surface area contributed by atoms with Crippen molar-refractivity contribution in [3.8, 4) is 0 Å². The summed E-state index contributed by atoms with van der Waals surface area (Å²) in [5.74, 6) is -0.352. The summed E-state index contributed by atoms with van der Waals surface area (Å²) in [5, 5.41) is 9.68. The van der Waals surface area contributed by atoms with Crippen molar-refractivity contribution in [3.63, 3.8) is 0 Å². The second-order valence-electron chi connectivity index (χ2n) is 4.84. The van der Waals surface area contributed by atoms with Crippen LogP contribution in [0.25, 0.3) is 11.0 Å². The summed E-state index contributed by atoms with van der Waals surface area (Å²) < 4.78 is 5.48. The fourth-order valence-corrected chi connectivity index (χ4v) is 1.88. The minimum Gasteiger partial charge on any atom is -0.451 e. The lowest BCUT2D eigenvalue weighted by molar-refractivity contribution is 0.0738. The van der Waals surface area contributed by atoms with Gasteiger partial charge in [-0.1, -0.05) is 12.1 Å². The number of aliphatic hydroxyl groups excluding tert-OH is 1. The van der Waals surface area contributed by atoms with Gasteiger partial charge in [0, 0.05) is 19.7 Å². The van der Waals surface area contributed by atoms with Gasteiger partial charge in [0.05, 0.1) is 11.5 Å². The van der Waals surface area contributed by atoms with Gasteiger partial charge in [-0.25, -0.2) is 0 Å². The summed E-state index contributed by atoms with van der Waals surface area (Å²) in [5.41, 5.74) is 0.159. The van der Waals surface area contributed by atoms with Crippen LogP contribution in [0.4, 0.5) is 0 Å². The molecule has 0 radical (unpaired) electrons. The number of aliphatic hydroxyl groups is 1. The molecule has 0 fully saturated rings. The maximum atomic E-state index is 12.2. The van der Waals surface area contributed by atoms with Crippen LogP contribution in [0.5, 0.6) is 0 Å². The van der Waals surface area contributed by atoms with E-state index >= 15 is 0 Å². The molecule has 5 heteroatoms. The van der Waals surface area contributed by atoms with E-state index in [1.54, 1.807) is 38.2 Å². The predicted octanol–water partition coefficient (Wildman–Crippen LogP) is 1.64. The molecule has 0 aliphatic carbocycles. The molecule has 106 valence electrons. The molecule has 5 nitrogen and oxygen atoms in total. The first kappa shape index (κ1) is 14.3. The van der Waals surface area contributed by atoms with E-state index in [1.165, 1.54) is 11.0 Å². The van der Waals surface area contributed by atoms with Gasteiger partial charge in [0.15, 0.2) is 11.2 Å². The molecule has 1 amide bonds. The molecule has 0 aliphatic rings. The van der Waals surface area contributed by atoms with Gasteiger partial charge in [-0.3, -0.25) is 9.59 Å². The van der Waals surface area contributed by atoms with Crippen LogP contribution < -0.4 is 5.43 Å². The summed E-state index contributed by atoms with van der Waals surface area (Å²) in [7, 11) is 1.61. The van der Waals surface area contributed by atoms with Crippen LogP contribution >= 0.6 is 0 Å². The molecule has 1 aromatic heterocycles. The van der Waals surface area contributed by atoms with E-state index in [1.807, 2.05) is 0 Å². The predicted molar refractivity (Wildman–Crippen MR) is 75.7 cm³/mol. The zero-order valence-electron chi connectivity index (χ0n) is 11.5. The first-order valence-corrected chi connectivity index (χ1v) is 6.45. The van der Waals surface area contributed by atoms with E-state index in [0.29, 0.717) is 23.9 Å². The Morgan fingerprint density at radius 2 is 2.10 bits per heavy atom. The average Bonchev–Trinajstić information content (AvgIpc) is 2.43. The van der Waals surface area contributed by atoms with Gasteiger partial charge in [0.25, 0.3) is 5.91 Å². The molecule has 1 aromatic carbocycles. The lowest BCUT2D eigenvalue weighted by atomic mass is 10.2. The number of rotatable bonds is 4. The van der Waals surface area contributed by atoms with Crippen LogP contribution in [-0.2, 0) is 0 Å². The molecule has 2 rings (SSSR count). The Balaban J connectivity index is 2.28. The summed E-state index contributed by atoms with van der Waals surface area (Å²) in [6.45, 7) is 2.06. The number of carbonyl (C=O) groups excluding carboxylic acids is 1. The summed E-state index contributed by atoms with van der Waals surface area (Å²) in [4.78, 5) is 25.5. The molecule has 1 N–H and O–H groups in total. The van der Waals surface area contributed by atoms with E-state index in [2.05, 4.69) is 0 Å². The van der Waals surface area contributed by atoms with Crippen LogP contribution in [0.1, 0.15) is 23.9 Å². The Kier molecular flexibility index (Phi) is 4.20. The second-order valence-corrected chi connectivity index (χ2v) is 4.84. The molecule has 2 aromatic rings. The zero-order valence-corrected chi connectivity index (χ0v) is 11.5. The van der Waals surface area contributed by atoms with Crippen molar-refractivity contribution >= 4 is 16.9 Å². The molecule has 0 bridgehead atoms. The molecular formula is C15H17NO4. The highest BCUT2D eigenvalue weighted by atomic mass is 16.3. The quantitative estimate of drug-likeness (QED) is 0.920. The first-order chi connectivity index (χ1) is 9.49. The number of fused-ring (bicyclic) bond motifs is 1. The maximum Gasteiger partial charge on any atom is 0.289 e. The summed E-state index contributed by atoms with van der Waals surface area (Å²) in [6, 6.07) is 8.02. The van der Waals surface area contributed by atoms with Crippen molar-refractivity contribution in [2.45, 2.75) is 19.4 Å². The number of hydrogen-bond acceptors (Lipinski definition) is 4. The molecular weight excluding hydrogens is 258 g/mol. The monoisotopic (exact) mass is 275 g/mol. The topological polar surface area (TPSA) is 70.8 Å². The first-order valence-electron chi connectivity index (χ1n) is 6.45. The largest absolute Gasteiger partial charge is 0.451 e. The summed E-state index contributed by atoms with van der Waals surface area (Å²) in [6.07, 6.45) is -0.00563. The van der Waals surface area contributed by atoms with E-state index in [9.17, 15) is 14.7 Å². The molecule has 1 atom stereocenters. The SMILES string of the molecule is CC(O)CCN(C)C(=O)c1cc(=O)c2ccccc2o1. The van der Waals surface area contributed by atoms with Gasteiger partial charge >= 0.3 is 0 Å². The zero-order chi connectivity index (χ0) is 14.7. The number of para-hydroxylation sites is 1. The Bertz CT molecular complexity index is 675. The van der Waals surface area contributed by atoms with Crippen molar-refractivity contribution in [2.75, 3.05) is 13.6 Å². The molecule has 0 aliphatic heterocycles. The van der Waals surface area contributed by atoms with Crippen molar-refractivity contribution in [1.29, 1.82) is 0 Å². The second kappa shape index (κ2) is 5.88. The van der Waals surface area contributed by atoms with Crippen LogP contribution in [0.3, 0.4) is 0 Å². The highest BCUT2D eigenvalue weighted by molar-refractivity contribution is 5.93. The van der Waals surface area contributed by atoms with Crippen LogP contribution in [-0.4, -0.2) is 35.6 Å². The molecule has 0 spiro atoms. The average molecular weight is 275 g/mol. The van der Waals surface area contributed by atoms with Crippen molar-refractivity contribution in [2.24, 2.45) is 0 Å². The van der Waals surface area contributed by atoms with Crippen LogP contribution in [0.2, 0.25) is 0 Å². The lowest BCUT2D eigenvalue weighted by Gasteiger charge is -2.17. The van der Waals surface area contributed by atoms with Gasteiger partial charge in [-0.05, 0) is 25.5 Å². The normalized spacial score (nSPS) is 12.3. The van der Waals surface area contributed by atoms with E-state index in [0.717, 1.165) is 0 Å². The standard InChI is InChI=1S/C15H17NO4/c1-10(17)7-8-16(2)15(19)14-9-12(18)11-5-3-4-6-13(11)20-14/h3-6,9-10,17H,7-8H2,1-2H3. The highest BCUT2D eigenvalue weighted by Gasteiger charge is 2.16. The third kappa shape index (κ3) is 3.05. The maximum absolute atomic E-state index is 12.2. The Hall–Kier alpha value is -2.14. The third-order valence-corrected chi connectivity index (χ3v) is 3.07. The fourth-order valence-electron chi connectivity index (χ4n) is 1.88. The number of carbonyl (C=O) groups is 1. The molecule has 1 heterocycles. The van der Waals surface area contributed by atoms with Gasteiger partial charge in [0.2, 0.25) is 0 Å². The minimum absolute atomic E-state index is 0.0155. The van der Waals surface area contributed by atoms with Gasteiger partial charge in [0.1, 0.15) is 5.58 Å². The molecule has 0 saturated carbocycles. The van der Waals surface area contributed by atoms with Crippen LogP contribution in [0, 0.1) is 0 Å². The van der Waals surface area contributed by atoms with Gasteiger partial charge in [-0.2, -0.15) is 0 Å². The Morgan fingerprint density at radius 1 is 1.40 bits per heavy atom. The lowest BCUT2D eigenvalue weighted by Crippen LogP contribution is -2.30. The van der Waals surface area contributed by atoms with E-state index < -0.39 is 6.10 Å².